The average molecular weight is 405 g/mol. The number of nitrogens with zero attached hydrogens (tertiary/aromatic N) is 4. The second kappa shape index (κ2) is 6.80. The smallest absolute Gasteiger partial charge is 0.306 e. The van der Waals surface area contributed by atoms with E-state index in [1.807, 2.05) is 24.4 Å². The SMILES string of the molecule is Cc1cc(F)c([N+](=O)[O-])cc1Nc1nccc(-c2cn3c4c(cccc24)OCC3)n1. The third kappa shape index (κ3) is 2.91. The monoisotopic (exact) mass is 405 g/mol. The first kappa shape index (κ1) is 18.0. The third-order valence-corrected chi connectivity index (χ3v) is 5.12. The number of nitrogens with one attached hydrogen (secondary N) is 1. The Morgan fingerprint density at radius 2 is 2.17 bits per heavy atom. The van der Waals surface area contributed by atoms with E-state index in [1.54, 1.807) is 19.2 Å². The number of anilines is 2. The van der Waals surface area contributed by atoms with Crippen molar-refractivity contribution in [3.63, 3.8) is 0 Å². The molecule has 0 fully saturated rings. The molecular formula is C21H16FN5O3. The van der Waals surface area contributed by atoms with Gasteiger partial charge in [-0.2, -0.15) is 4.39 Å². The van der Waals surface area contributed by atoms with Crippen LogP contribution in [-0.2, 0) is 6.54 Å². The average Bonchev–Trinajstić information content (AvgIpc) is 3.11. The van der Waals surface area contributed by atoms with Crippen molar-refractivity contribution in [2.24, 2.45) is 0 Å². The summed E-state index contributed by atoms with van der Waals surface area (Å²) < 4.78 is 21.7. The molecule has 150 valence electrons. The van der Waals surface area contributed by atoms with Crippen molar-refractivity contribution in [3.05, 3.63) is 70.3 Å². The lowest BCUT2D eigenvalue weighted by atomic mass is 10.1. The van der Waals surface area contributed by atoms with Crippen LogP contribution in [0.2, 0.25) is 0 Å². The summed E-state index contributed by atoms with van der Waals surface area (Å²) in [7, 11) is 0. The van der Waals surface area contributed by atoms with Gasteiger partial charge in [0.2, 0.25) is 11.8 Å². The zero-order chi connectivity index (χ0) is 20.8. The van der Waals surface area contributed by atoms with Gasteiger partial charge >= 0.3 is 5.69 Å². The Morgan fingerprint density at radius 1 is 1.30 bits per heavy atom. The highest BCUT2D eigenvalue weighted by Gasteiger charge is 2.20. The molecular weight excluding hydrogens is 389 g/mol. The Labute approximate surface area is 170 Å². The Morgan fingerprint density at radius 3 is 3.00 bits per heavy atom. The first-order valence-corrected chi connectivity index (χ1v) is 9.31. The highest BCUT2D eigenvalue weighted by atomic mass is 19.1. The van der Waals surface area contributed by atoms with E-state index in [2.05, 4.69) is 19.9 Å². The number of halogens is 1. The maximum atomic E-state index is 13.8. The van der Waals surface area contributed by atoms with Gasteiger partial charge in [-0.15, -0.1) is 0 Å². The van der Waals surface area contributed by atoms with Crippen LogP contribution in [0, 0.1) is 22.9 Å². The number of nitro groups is 1. The number of hydrogen-bond donors (Lipinski definition) is 1. The molecule has 0 bridgehead atoms. The summed E-state index contributed by atoms with van der Waals surface area (Å²) in [6.45, 7) is 3.02. The zero-order valence-electron chi connectivity index (χ0n) is 15.9. The van der Waals surface area contributed by atoms with Crippen LogP contribution < -0.4 is 10.1 Å². The van der Waals surface area contributed by atoms with E-state index in [9.17, 15) is 14.5 Å². The summed E-state index contributed by atoms with van der Waals surface area (Å²) in [6, 6.07) is 9.97. The van der Waals surface area contributed by atoms with E-state index in [0.717, 1.165) is 40.9 Å². The minimum Gasteiger partial charge on any atom is -0.490 e. The molecule has 0 spiro atoms. The number of nitro benzene ring substituents is 1. The minimum atomic E-state index is -0.880. The molecule has 5 rings (SSSR count). The fourth-order valence-electron chi connectivity index (χ4n) is 3.70. The van der Waals surface area contributed by atoms with Crippen molar-refractivity contribution in [2.45, 2.75) is 13.5 Å². The lowest BCUT2D eigenvalue weighted by Gasteiger charge is -2.16. The van der Waals surface area contributed by atoms with Gasteiger partial charge < -0.3 is 14.6 Å². The van der Waals surface area contributed by atoms with E-state index in [0.29, 0.717) is 23.6 Å². The summed E-state index contributed by atoms with van der Waals surface area (Å²) in [6.07, 6.45) is 3.65. The van der Waals surface area contributed by atoms with Gasteiger partial charge in [-0.3, -0.25) is 10.1 Å². The molecule has 1 aliphatic heterocycles. The van der Waals surface area contributed by atoms with Gasteiger partial charge in [0.15, 0.2) is 0 Å². The number of para-hydroxylation sites is 1. The van der Waals surface area contributed by atoms with Gasteiger partial charge in [0.25, 0.3) is 0 Å². The minimum absolute atomic E-state index is 0.264. The molecule has 30 heavy (non-hydrogen) atoms. The normalized spacial score (nSPS) is 12.6. The molecule has 0 saturated heterocycles. The molecule has 1 N–H and O–H groups in total. The highest BCUT2D eigenvalue weighted by molar-refractivity contribution is 5.98. The second-order valence-electron chi connectivity index (χ2n) is 7.00. The van der Waals surface area contributed by atoms with Gasteiger partial charge in [-0.1, -0.05) is 12.1 Å². The zero-order valence-corrected chi connectivity index (χ0v) is 15.9. The van der Waals surface area contributed by atoms with Crippen LogP contribution in [0.15, 0.2) is 48.8 Å². The van der Waals surface area contributed by atoms with Crippen LogP contribution in [0.4, 0.5) is 21.7 Å². The number of benzene rings is 2. The van der Waals surface area contributed by atoms with E-state index in [4.69, 9.17) is 4.74 Å². The van der Waals surface area contributed by atoms with Gasteiger partial charge in [-0.25, -0.2) is 9.97 Å². The van der Waals surface area contributed by atoms with Gasteiger partial charge in [0, 0.05) is 29.4 Å². The van der Waals surface area contributed by atoms with Crippen LogP contribution >= 0.6 is 0 Å². The van der Waals surface area contributed by atoms with Crippen LogP contribution in [0.1, 0.15) is 5.56 Å². The molecule has 0 atom stereocenters. The van der Waals surface area contributed by atoms with Crippen LogP contribution in [-0.4, -0.2) is 26.1 Å². The van der Waals surface area contributed by atoms with E-state index >= 15 is 0 Å². The largest absolute Gasteiger partial charge is 0.490 e. The van der Waals surface area contributed by atoms with E-state index in [1.165, 1.54) is 0 Å². The molecule has 2 aromatic heterocycles. The molecule has 2 aromatic carbocycles. The number of aryl methyl sites for hydroxylation is 1. The van der Waals surface area contributed by atoms with E-state index in [-0.39, 0.29) is 5.95 Å². The Kier molecular flexibility index (Phi) is 4.09. The predicted octanol–water partition coefficient (Wildman–Crippen LogP) is 4.59. The van der Waals surface area contributed by atoms with Gasteiger partial charge in [0.1, 0.15) is 12.4 Å². The number of ether oxygens (including phenoxy) is 1. The standard InChI is InChI=1S/C21H16FN5O3/c1-12-9-15(22)18(27(28)29)10-17(12)25-21-23-6-5-16(24-21)14-11-26-7-8-30-19-4-2-3-13(14)20(19)26/h2-6,9-11H,7-8H2,1H3,(H,23,24,25). The summed E-state index contributed by atoms with van der Waals surface area (Å²) in [5.74, 6) is 0.223. The molecule has 8 nitrogen and oxygen atoms in total. The lowest BCUT2D eigenvalue weighted by Crippen LogP contribution is -2.12. The third-order valence-electron chi connectivity index (χ3n) is 5.12. The van der Waals surface area contributed by atoms with Gasteiger partial charge in [-0.05, 0) is 30.7 Å². The van der Waals surface area contributed by atoms with Crippen molar-refractivity contribution in [2.75, 3.05) is 11.9 Å². The Balaban J connectivity index is 1.55. The topological polar surface area (TPSA) is 95.1 Å². The Hall–Kier alpha value is -4.01. The Bertz CT molecular complexity index is 1320. The fraction of sp³-hybridized carbons (Fsp3) is 0.143. The lowest BCUT2D eigenvalue weighted by molar-refractivity contribution is -0.387. The van der Waals surface area contributed by atoms with Crippen molar-refractivity contribution < 1.29 is 14.1 Å². The van der Waals surface area contributed by atoms with Crippen molar-refractivity contribution in [3.8, 4) is 17.0 Å². The van der Waals surface area contributed by atoms with Crippen molar-refractivity contribution >= 4 is 28.2 Å². The molecule has 1 aliphatic rings. The number of rotatable bonds is 4. The molecule has 9 heteroatoms. The van der Waals surface area contributed by atoms with Gasteiger partial charge in [0.05, 0.1) is 28.4 Å². The fourth-order valence-corrected chi connectivity index (χ4v) is 3.70. The quantitative estimate of drug-likeness (QED) is 0.394. The van der Waals surface area contributed by atoms with E-state index < -0.39 is 16.4 Å². The van der Waals surface area contributed by atoms with Crippen LogP contribution in [0.5, 0.6) is 5.75 Å². The van der Waals surface area contributed by atoms with Crippen LogP contribution in [0.25, 0.3) is 22.2 Å². The summed E-state index contributed by atoms with van der Waals surface area (Å²) in [4.78, 5) is 19.1. The first-order chi connectivity index (χ1) is 14.5. The second-order valence-corrected chi connectivity index (χ2v) is 7.00. The molecule has 0 radical (unpaired) electrons. The predicted molar refractivity (Wildman–Crippen MR) is 110 cm³/mol. The maximum absolute atomic E-state index is 13.8. The van der Waals surface area contributed by atoms with Crippen molar-refractivity contribution in [1.82, 2.24) is 14.5 Å². The molecule has 4 aromatic rings. The molecule has 0 saturated carbocycles. The maximum Gasteiger partial charge on any atom is 0.306 e. The number of aromatic nitrogens is 3. The summed E-state index contributed by atoms with van der Waals surface area (Å²) in [5, 5.41) is 15.1. The highest BCUT2D eigenvalue weighted by Crippen LogP contribution is 2.37. The van der Waals surface area contributed by atoms with Crippen LogP contribution in [0.3, 0.4) is 0 Å². The molecule has 3 heterocycles. The van der Waals surface area contributed by atoms with Crippen molar-refractivity contribution in [1.29, 1.82) is 0 Å². The number of hydrogen-bond acceptors (Lipinski definition) is 6. The summed E-state index contributed by atoms with van der Waals surface area (Å²) >= 11 is 0. The molecule has 0 aliphatic carbocycles. The first-order valence-electron chi connectivity index (χ1n) is 9.31. The molecule has 0 unspecified atom stereocenters. The summed E-state index contributed by atoms with van der Waals surface area (Å²) in [5.41, 5.74) is 2.94. The molecule has 0 amide bonds.